The summed E-state index contributed by atoms with van der Waals surface area (Å²) in [6.45, 7) is 8.94. The van der Waals surface area contributed by atoms with Crippen LogP contribution in [0.1, 0.15) is 32.8 Å². The molecular formula is C29H35NO8. The molecular weight excluding hydrogens is 490 g/mol. The highest BCUT2D eigenvalue weighted by Crippen LogP contribution is 2.52. The van der Waals surface area contributed by atoms with Crippen molar-refractivity contribution in [3.05, 3.63) is 66.5 Å². The molecule has 2 heterocycles. The number of hydrogen-bond donors (Lipinski definition) is 3. The van der Waals surface area contributed by atoms with Gasteiger partial charge in [0.25, 0.3) is 5.91 Å². The van der Waals surface area contributed by atoms with Crippen LogP contribution in [-0.2, 0) is 25.5 Å². The highest BCUT2D eigenvalue weighted by Gasteiger charge is 2.68. The third-order valence-corrected chi connectivity index (χ3v) is 8.14. The summed E-state index contributed by atoms with van der Waals surface area (Å²) in [5.74, 6) is -2.84. The summed E-state index contributed by atoms with van der Waals surface area (Å²) in [7, 11) is 1.58. The van der Waals surface area contributed by atoms with E-state index in [-0.39, 0.29) is 6.42 Å². The number of allylic oxidation sites excluding steroid dienone is 1. The molecule has 0 bridgehead atoms. The molecule has 2 aliphatic heterocycles. The fourth-order valence-corrected chi connectivity index (χ4v) is 6.01. The van der Waals surface area contributed by atoms with Crippen LogP contribution in [0.2, 0.25) is 0 Å². The first kappa shape index (κ1) is 27.6. The topological polar surface area (TPSA) is 131 Å². The number of methoxy groups -OCH3 is 1. The van der Waals surface area contributed by atoms with E-state index >= 15 is 0 Å². The average Bonchev–Trinajstić information content (AvgIpc) is 3.15. The highest BCUT2D eigenvalue weighted by molar-refractivity contribution is 5.92. The normalized spacial score (nSPS) is 39.2. The van der Waals surface area contributed by atoms with Crippen LogP contribution in [0, 0.1) is 23.7 Å². The van der Waals surface area contributed by atoms with Gasteiger partial charge in [-0.1, -0.05) is 44.7 Å². The Morgan fingerprint density at radius 2 is 1.87 bits per heavy atom. The molecule has 4 rings (SSSR count). The quantitative estimate of drug-likeness (QED) is 0.406. The van der Waals surface area contributed by atoms with Crippen molar-refractivity contribution in [1.29, 1.82) is 0 Å². The Morgan fingerprint density at radius 1 is 1.18 bits per heavy atom. The lowest BCUT2D eigenvalue weighted by atomic mass is 9.59. The van der Waals surface area contributed by atoms with Crippen molar-refractivity contribution < 1.29 is 38.8 Å². The molecule has 3 N–H and O–H groups in total. The van der Waals surface area contributed by atoms with Crippen LogP contribution in [0.15, 0.2) is 60.9 Å². The first-order chi connectivity index (χ1) is 17.9. The lowest BCUT2D eigenvalue weighted by molar-refractivity contribution is -0.159. The number of Topliss-reactive ketones (excluding diaryl/α,β-unsaturated/α-hetero) is 1. The van der Waals surface area contributed by atoms with Gasteiger partial charge in [-0.3, -0.25) is 9.59 Å². The monoisotopic (exact) mass is 525 g/mol. The lowest BCUT2D eigenvalue weighted by Gasteiger charge is -2.48. The van der Waals surface area contributed by atoms with Crippen LogP contribution in [0.4, 0.5) is 4.79 Å². The Balaban J connectivity index is 1.78. The van der Waals surface area contributed by atoms with Gasteiger partial charge in [0.1, 0.15) is 11.4 Å². The molecule has 0 unspecified atom stereocenters. The van der Waals surface area contributed by atoms with Crippen LogP contribution in [-0.4, -0.2) is 58.5 Å². The molecule has 9 nitrogen and oxygen atoms in total. The summed E-state index contributed by atoms with van der Waals surface area (Å²) < 4.78 is 16.2. The smallest absolute Gasteiger partial charge is 0.497 e. The molecule has 0 aromatic heterocycles. The van der Waals surface area contributed by atoms with E-state index in [0.717, 1.165) is 17.9 Å². The number of cyclic esters (lactones) is 1. The zero-order chi connectivity index (χ0) is 27.8. The van der Waals surface area contributed by atoms with Crippen molar-refractivity contribution in [2.45, 2.75) is 57.0 Å². The Labute approximate surface area is 222 Å². The van der Waals surface area contributed by atoms with E-state index in [1.165, 1.54) is 6.92 Å². The molecule has 3 aliphatic rings. The van der Waals surface area contributed by atoms with Crippen molar-refractivity contribution in [3.63, 3.8) is 0 Å². The lowest BCUT2D eigenvalue weighted by Crippen LogP contribution is -2.61. The summed E-state index contributed by atoms with van der Waals surface area (Å²) >= 11 is 0. The van der Waals surface area contributed by atoms with E-state index in [1.807, 2.05) is 31.2 Å². The van der Waals surface area contributed by atoms with E-state index in [2.05, 4.69) is 11.9 Å². The molecule has 1 saturated heterocycles. The molecule has 1 aromatic carbocycles. The number of amides is 1. The van der Waals surface area contributed by atoms with Crippen molar-refractivity contribution in [1.82, 2.24) is 5.32 Å². The predicted octanol–water partition coefficient (Wildman–Crippen LogP) is 2.86. The van der Waals surface area contributed by atoms with E-state index in [1.54, 1.807) is 26.2 Å². The van der Waals surface area contributed by atoms with Gasteiger partial charge < -0.3 is 29.7 Å². The summed E-state index contributed by atoms with van der Waals surface area (Å²) in [4.78, 5) is 39.4. The number of benzene rings is 1. The maximum absolute atomic E-state index is 13.8. The van der Waals surface area contributed by atoms with Crippen LogP contribution in [0.25, 0.3) is 0 Å². The molecule has 38 heavy (non-hydrogen) atoms. The predicted molar refractivity (Wildman–Crippen MR) is 138 cm³/mol. The van der Waals surface area contributed by atoms with Gasteiger partial charge in [0.15, 0.2) is 5.78 Å². The molecule has 1 aliphatic carbocycles. The fraction of sp³-hybridized carbons (Fsp3) is 0.483. The number of hydrogen-bond acceptors (Lipinski definition) is 8. The van der Waals surface area contributed by atoms with Crippen molar-refractivity contribution in [2.75, 3.05) is 7.11 Å². The zero-order valence-electron chi connectivity index (χ0n) is 22.0. The van der Waals surface area contributed by atoms with Gasteiger partial charge in [-0.25, -0.2) is 4.79 Å². The third kappa shape index (κ3) is 4.76. The molecule has 204 valence electrons. The fourth-order valence-electron chi connectivity index (χ4n) is 6.01. The standard InChI is InChI=1S/C29H35NO8/c1-16-7-6-8-21-24(31)18(3)17(2)23-22(15-19-9-11-20(36-5)12-10-19)30-26(33)29(21,23)38-27(34)37-14-13-28(4,35)25(16)32/h6,8-14,16-17,21-24,31,35H,3,7,15H2,1-2,4-5H3,(H,30,33)/b8-6+,14-13+/t16-,17+,21-,22-,23-,24+,28+,29+/m0/s1. The number of carbonyl (C=O) groups excluding carboxylic acids is 3. The number of nitrogens with one attached hydrogen (secondary N) is 1. The number of ether oxygens (including phenoxy) is 3. The highest BCUT2D eigenvalue weighted by atomic mass is 16.7. The minimum Gasteiger partial charge on any atom is -0.497 e. The van der Waals surface area contributed by atoms with Gasteiger partial charge in [-0.15, -0.1) is 0 Å². The summed E-state index contributed by atoms with van der Waals surface area (Å²) in [5.41, 5.74) is -2.20. The number of aliphatic hydroxyl groups excluding tert-OH is 1. The van der Waals surface area contributed by atoms with Gasteiger partial charge in [0.05, 0.1) is 25.4 Å². The largest absolute Gasteiger partial charge is 0.514 e. The molecule has 0 radical (unpaired) electrons. The maximum atomic E-state index is 13.8. The second-order valence-corrected chi connectivity index (χ2v) is 10.6. The van der Waals surface area contributed by atoms with Gasteiger partial charge in [0.2, 0.25) is 5.60 Å². The Kier molecular flexibility index (Phi) is 7.54. The number of rotatable bonds is 3. The van der Waals surface area contributed by atoms with Crippen LogP contribution < -0.4 is 10.1 Å². The first-order valence-electron chi connectivity index (χ1n) is 12.7. The van der Waals surface area contributed by atoms with Gasteiger partial charge in [-0.05, 0) is 55.0 Å². The minimum atomic E-state index is -1.87. The van der Waals surface area contributed by atoms with Crippen molar-refractivity contribution in [3.8, 4) is 5.75 Å². The van der Waals surface area contributed by atoms with E-state index in [9.17, 15) is 24.6 Å². The number of ketones is 1. The van der Waals surface area contributed by atoms with E-state index in [0.29, 0.717) is 17.7 Å². The Morgan fingerprint density at radius 3 is 2.53 bits per heavy atom. The van der Waals surface area contributed by atoms with Crippen LogP contribution >= 0.6 is 0 Å². The van der Waals surface area contributed by atoms with Gasteiger partial charge >= 0.3 is 6.16 Å². The van der Waals surface area contributed by atoms with E-state index in [4.69, 9.17) is 14.2 Å². The van der Waals surface area contributed by atoms with E-state index < -0.39 is 64.9 Å². The van der Waals surface area contributed by atoms with Crippen molar-refractivity contribution in [2.24, 2.45) is 23.7 Å². The zero-order valence-corrected chi connectivity index (χ0v) is 22.0. The molecule has 8 atom stereocenters. The molecule has 1 aromatic rings. The first-order valence-corrected chi connectivity index (χ1v) is 12.7. The Bertz CT molecular complexity index is 1170. The van der Waals surface area contributed by atoms with Gasteiger partial charge in [-0.2, -0.15) is 0 Å². The minimum absolute atomic E-state index is 0.237. The summed E-state index contributed by atoms with van der Waals surface area (Å²) in [6.07, 6.45) is 3.55. The third-order valence-electron chi connectivity index (χ3n) is 8.14. The molecule has 2 fully saturated rings. The maximum Gasteiger partial charge on any atom is 0.514 e. The second kappa shape index (κ2) is 10.4. The Hall–Kier alpha value is -3.43. The average molecular weight is 526 g/mol. The second-order valence-electron chi connectivity index (χ2n) is 10.6. The SMILES string of the molecule is C=C1[C@@H](C)[C@H]2[C@H](Cc3ccc(OC)cc3)NC(=O)[C@]23OC(=O)O/C=C/[C@@](C)(O)C(=O)[C@@H](C)C/C=C/[C@H]3[C@@H]1O. The summed E-state index contributed by atoms with van der Waals surface area (Å²) in [5, 5.41) is 24.8. The molecule has 9 heteroatoms. The van der Waals surface area contributed by atoms with Gasteiger partial charge in [0, 0.05) is 17.9 Å². The number of carbonyl (C=O) groups is 3. The summed E-state index contributed by atoms with van der Waals surface area (Å²) in [6, 6.07) is 7.03. The molecule has 1 saturated carbocycles. The van der Waals surface area contributed by atoms with Crippen LogP contribution in [0.5, 0.6) is 5.75 Å². The molecule has 1 amide bonds. The van der Waals surface area contributed by atoms with Crippen molar-refractivity contribution >= 4 is 17.8 Å². The number of aliphatic hydroxyl groups is 2. The molecule has 1 spiro atoms. The van der Waals surface area contributed by atoms with Crippen LogP contribution in [0.3, 0.4) is 0 Å².